The summed E-state index contributed by atoms with van der Waals surface area (Å²) in [5, 5.41) is 12.2. The lowest BCUT2D eigenvalue weighted by molar-refractivity contribution is -0.137. The van der Waals surface area contributed by atoms with Crippen molar-refractivity contribution in [3.8, 4) is 11.5 Å². The van der Waals surface area contributed by atoms with Gasteiger partial charge in [0.25, 0.3) is 11.8 Å². The van der Waals surface area contributed by atoms with E-state index in [9.17, 15) is 24.3 Å². The van der Waals surface area contributed by atoms with E-state index in [4.69, 9.17) is 9.47 Å². The summed E-state index contributed by atoms with van der Waals surface area (Å²) >= 11 is 0. The Bertz CT molecular complexity index is 1590. The van der Waals surface area contributed by atoms with Crippen LogP contribution in [0.1, 0.15) is 75.7 Å². The fourth-order valence-corrected chi connectivity index (χ4v) is 4.58. The summed E-state index contributed by atoms with van der Waals surface area (Å²) in [6, 6.07) is 22.7. The maximum Gasteiger partial charge on any atom is 0.343 e. The summed E-state index contributed by atoms with van der Waals surface area (Å²) in [4.78, 5) is 54.9. The number of carboxylic acid groups (broad SMARTS) is 1. The van der Waals surface area contributed by atoms with Gasteiger partial charge in [-0.1, -0.05) is 44.7 Å². The van der Waals surface area contributed by atoms with E-state index < -0.39 is 24.4 Å². The first-order valence-electron chi connectivity index (χ1n) is 15.2. The van der Waals surface area contributed by atoms with Crippen molar-refractivity contribution < 1.29 is 33.8 Å². The number of anilines is 1. The third-order valence-corrected chi connectivity index (χ3v) is 7.06. The molecule has 0 fully saturated rings. The van der Waals surface area contributed by atoms with Crippen LogP contribution in [-0.2, 0) is 11.3 Å². The van der Waals surface area contributed by atoms with Gasteiger partial charge in [0.05, 0.1) is 12.2 Å². The minimum Gasteiger partial charge on any atom is -0.494 e. The monoisotopic (exact) mass is 623 g/mol. The number of pyridine rings is 1. The standard InChI is InChI=1S/C36H37N3O7/c1-2-3-4-5-6-23-45-31-17-11-29(12-18-31)36(44)46-32-15-7-26(8-16-32)24-39(25-33(40)41)35(43)28-9-13-30(14-10-28)38-34(42)27-19-21-37-22-20-27/h7-22H,2-6,23-25H2,1H3,(H,38,42)(H,40,41). The van der Waals surface area contributed by atoms with Crippen LogP contribution < -0.4 is 14.8 Å². The van der Waals surface area contributed by atoms with Crippen LogP contribution in [0.25, 0.3) is 0 Å². The molecular weight excluding hydrogens is 586 g/mol. The number of unbranched alkanes of at least 4 members (excludes halogenated alkanes) is 4. The van der Waals surface area contributed by atoms with Crippen LogP contribution in [0, 0.1) is 0 Å². The number of carbonyl (C=O) groups excluding carboxylic acids is 3. The fourth-order valence-electron chi connectivity index (χ4n) is 4.58. The maximum atomic E-state index is 13.2. The molecule has 1 aromatic heterocycles. The van der Waals surface area contributed by atoms with Gasteiger partial charge in [0, 0.05) is 35.8 Å². The summed E-state index contributed by atoms with van der Waals surface area (Å²) in [7, 11) is 0. The van der Waals surface area contributed by atoms with E-state index in [0.29, 0.717) is 40.5 Å². The van der Waals surface area contributed by atoms with Crippen molar-refractivity contribution in [3.05, 3.63) is 120 Å². The van der Waals surface area contributed by atoms with Crippen molar-refractivity contribution in [2.75, 3.05) is 18.5 Å². The van der Waals surface area contributed by atoms with Crippen LogP contribution in [-0.4, -0.2) is 51.9 Å². The summed E-state index contributed by atoms with van der Waals surface area (Å²) in [5.41, 5.74) is 2.20. The second kappa shape index (κ2) is 17.1. The molecule has 0 saturated heterocycles. The van der Waals surface area contributed by atoms with Crippen LogP contribution in [0.3, 0.4) is 0 Å². The first-order valence-corrected chi connectivity index (χ1v) is 15.2. The summed E-state index contributed by atoms with van der Waals surface area (Å²) in [5.74, 6) is -1.50. The predicted molar refractivity (Wildman–Crippen MR) is 173 cm³/mol. The van der Waals surface area contributed by atoms with E-state index >= 15 is 0 Å². The number of esters is 1. The van der Waals surface area contributed by atoms with Crippen molar-refractivity contribution in [2.45, 2.75) is 45.6 Å². The van der Waals surface area contributed by atoms with Gasteiger partial charge in [-0.05, 0) is 84.8 Å². The van der Waals surface area contributed by atoms with E-state index in [0.717, 1.165) is 12.8 Å². The van der Waals surface area contributed by atoms with Crippen molar-refractivity contribution in [1.82, 2.24) is 9.88 Å². The molecular formula is C36H37N3O7. The molecule has 10 heteroatoms. The molecule has 1 heterocycles. The molecule has 0 bridgehead atoms. The molecule has 0 aliphatic carbocycles. The van der Waals surface area contributed by atoms with Crippen LogP contribution in [0.2, 0.25) is 0 Å². The van der Waals surface area contributed by atoms with Crippen molar-refractivity contribution >= 4 is 29.4 Å². The number of aromatic nitrogens is 1. The van der Waals surface area contributed by atoms with E-state index in [1.807, 2.05) is 0 Å². The Labute approximate surface area is 268 Å². The zero-order valence-corrected chi connectivity index (χ0v) is 25.7. The summed E-state index contributed by atoms with van der Waals surface area (Å²) in [6.45, 7) is 2.31. The molecule has 0 aliphatic heterocycles. The van der Waals surface area contributed by atoms with Crippen molar-refractivity contribution in [1.29, 1.82) is 0 Å². The molecule has 238 valence electrons. The number of hydrogen-bond acceptors (Lipinski definition) is 7. The van der Waals surface area contributed by atoms with E-state index in [2.05, 4.69) is 17.2 Å². The highest BCUT2D eigenvalue weighted by Crippen LogP contribution is 2.19. The molecule has 4 aromatic rings. The van der Waals surface area contributed by atoms with Gasteiger partial charge in [0.1, 0.15) is 18.0 Å². The highest BCUT2D eigenvalue weighted by Gasteiger charge is 2.20. The Balaban J connectivity index is 1.31. The smallest absolute Gasteiger partial charge is 0.343 e. The largest absolute Gasteiger partial charge is 0.494 e. The van der Waals surface area contributed by atoms with Crippen LogP contribution in [0.15, 0.2) is 97.3 Å². The number of benzene rings is 3. The van der Waals surface area contributed by atoms with Crippen LogP contribution in [0.4, 0.5) is 5.69 Å². The second-order valence-corrected chi connectivity index (χ2v) is 10.6. The third-order valence-electron chi connectivity index (χ3n) is 7.06. The average molecular weight is 624 g/mol. The first kappa shape index (κ1) is 33.4. The topological polar surface area (TPSA) is 135 Å². The van der Waals surface area contributed by atoms with Gasteiger partial charge < -0.3 is 24.8 Å². The van der Waals surface area contributed by atoms with E-state index in [1.165, 1.54) is 48.7 Å². The van der Waals surface area contributed by atoms with Gasteiger partial charge in [-0.3, -0.25) is 19.4 Å². The number of carboxylic acids is 1. The Hall–Kier alpha value is -5.51. The number of hydrogen-bond donors (Lipinski definition) is 2. The highest BCUT2D eigenvalue weighted by molar-refractivity contribution is 6.04. The van der Waals surface area contributed by atoms with E-state index in [-0.39, 0.29) is 18.0 Å². The van der Waals surface area contributed by atoms with Gasteiger partial charge in [-0.2, -0.15) is 0 Å². The lowest BCUT2D eigenvalue weighted by Crippen LogP contribution is -2.35. The molecule has 2 N–H and O–H groups in total. The average Bonchev–Trinajstić information content (AvgIpc) is 3.07. The zero-order chi connectivity index (χ0) is 32.7. The highest BCUT2D eigenvalue weighted by atomic mass is 16.5. The molecule has 0 radical (unpaired) electrons. The molecule has 2 amide bonds. The van der Waals surface area contributed by atoms with Gasteiger partial charge in [0.2, 0.25) is 0 Å². The lowest BCUT2D eigenvalue weighted by atomic mass is 10.1. The molecule has 0 atom stereocenters. The number of carbonyl (C=O) groups is 4. The molecule has 0 saturated carbocycles. The quantitative estimate of drug-likeness (QED) is 0.0807. The number of ether oxygens (including phenoxy) is 2. The number of nitrogens with zero attached hydrogens (tertiary/aromatic N) is 2. The molecule has 0 spiro atoms. The normalized spacial score (nSPS) is 10.5. The SMILES string of the molecule is CCCCCCCOc1ccc(C(=O)Oc2ccc(CN(CC(=O)O)C(=O)c3ccc(NC(=O)c4ccncc4)cc3)cc2)cc1. The predicted octanol–water partition coefficient (Wildman–Crippen LogP) is 6.63. The number of aliphatic carboxylic acids is 1. The minimum atomic E-state index is -1.16. The lowest BCUT2D eigenvalue weighted by Gasteiger charge is -2.21. The molecule has 10 nitrogen and oxygen atoms in total. The third kappa shape index (κ3) is 10.3. The van der Waals surface area contributed by atoms with Gasteiger partial charge in [0.15, 0.2) is 0 Å². The zero-order valence-electron chi connectivity index (χ0n) is 25.7. The Morgan fingerprint density at radius 2 is 1.37 bits per heavy atom. The Morgan fingerprint density at radius 1 is 0.739 bits per heavy atom. The second-order valence-electron chi connectivity index (χ2n) is 10.6. The molecule has 3 aromatic carbocycles. The molecule has 0 unspecified atom stereocenters. The fraction of sp³-hybridized carbons (Fsp3) is 0.250. The molecule has 4 rings (SSSR count). The van der Waals surface area contributed by atoms with Gasteiger partial charge >= 0.3 is 11.9 Å². The number of rotatable bonds is 16. The van der Waals surface area contributed by atoms with Gasteiger partial charge in [-0.15, -0.1) is 0 Å². The van der Waals surface area contributed by atoms with Gasteiger partial charge in [-0.25, -0.2) is 4.79 Å². The summed E-state index contributed by atoms with van der Waals surface area (Å²) < 4.78 is 11.3. The minimum absolute atomic E-state index is 0.0138. The number of nitrogens with one attached hydrogen (secondary N) is 1. The van der Waals surface area contributed by atoms with Crippen LogP contribution >= 0.6 is 0 Å². The molecule has 0 aliphatic rings. The van der Waals surface area contributed by atoms with Crippen molar-refractivity contribution in [3.63, 3.8) is 0 Å². The van der Waals surface area contributed by atoms with E-state index in [1.54, 1.807) is 72.8 Å². The molecule has 46 heavy (non-hydrogen) atoms. The van der Waals surface area contributed by atoms with Crippen molar-refractivity contribution in [2.24, 2.45) is 0 Å². The number of amides is 2. The Kier molecular flexibility index (Phi) is 12.4. The maximum absolute atomic E-state index is 13.2. The van der Waals surface area contributed by atoms with Crippen LogP contribution in [0.5, 0.6) is 11.5 Å². The Morgan fingerprint density at radius 3 is 2.02 bits per heavy atom. The first-order chi connectivity index (χ1) is 22.3. The summed E-state index contributed by atoms with van der Waals surface area (Å²) in [6.07, 6.45) is 8.79.